The Balaban J connectivity index is 1.53. The van der Waals surface area contributed by atoms with Crippen molar-refractivity contribution in [1.82, 2.24) is 34.5 Å². The standard InChI is InChI=1S/C22H21F5N8O3/c1-38-19-18-13(12-2-3-14-15(8-12)35(32-30-14)11-22(25,26)27)4-7-34(18)31-20(29-19)28-16-5-6-33(17(37)9-36)10-21(16,23)24/h2-4,7-8,16,36H,5-6,9-11H2,1H3,(H,28,31)/t16-/m1/s1/i1D3. The second kappa shape index (κ2) is 9.34. The molecule has 11 nitrogen and oxygen atoms in total. The summed E-state index contributed by atoms with van der Waals surface area (Å²) in [6.45, 7) is -3.33. The third-order valence-electron chi connectivity index (χ3n) is 6.12. The van der Waals surface area contributed by atoms with Crippen LogP contribution in [0.2, 0.25) is 0 Å². The maximum Gasteiger partial charge on any atom is 0.408 e. The van der Waals surface area contributed by atoms with Gasteiger partial charge in [0.2, 0.25) is 17.7 Å². The Kier molecular flexibility index (Phi) is 5.40. The maximum atomic E-state index is 14.8. The molecule has 2 N–H and O–H groups in total. The summed E-state index contributed by atoms with van der Waals surface area (Å²) in [5.74, 6) is -5.18. The van der Waals surface area contributed by atoms with Gasteiger partial charge in [-0.1, -0.05) is 11.3 Å². The number of anilines is 1. The minimum Gasteiger partial charge on any atom is -0.479 e. The predicted molar refractivity (Wildman–Crippen MR) is 123 cm³/mol. The summed E-state index contributed by atoms with van der Waals surface area (Å²) in [4.78, 5) is 16.5. The number of benzene rings is 1. The summed E-state index contributed by atoms with van der Waals surface area (Å²) in [7, 11) is -3.01. The molecule has 4 heterocycles. The highest BCUT2D eigenvalue weighted by Gasteiger charge is 2.46. The molecule has 1 aromatic carbocycles. The summed E-state index contributed by atoms with van der Waals surface area (Å²) < 4.78 is 98.3. The molecule has 0 saturated carbocycles. The molecule has 0 radical (unpaired) electrons. The first-order valence-corrected chi connectivity index (χ1v) is 11.2. The molecule has 16 heteroatoms. The number of halogens is 5. The molecule has 5 rings (SSSR count). The van der Waals surface area contributed by atoms with Gasteiger partial charge in [-0.3, -0.25) is 4.79 Å². The predicted octanol–water partition coefficient (Wildman–Crippen LogP) is 2.35. The number of hydrogen-bond acceptors (Lipinski definition) is 8. The number of carbonyl (C=O) groups excluding carboxylic acids is 1. The van der Waals surface area contributed by atoms with E-state index in [2.05, 4.69) is 25.7 Å². The molecule has 0 bridgehead atoms. The normalized spacial score (nSPS) is 19.3. The maximum absolute atomic E-state index is 14.8. The number of methoxy groups -OCH3 is 1. The molecule has 1 saturated heterocycles. The van der Waals surface area contributed by atoms with Crippen LogP contribution in [0.5, 0.6) is 5.88 Å². The zero-order valence-electron chi connectivity index (χ0n) is 22.3. The van der Waals surface area contributed by atoms with Crippen molar-refractivity contribution >= 4 is 28.4 Å². The average Bonchev–Trinajstić information content (AvgIpc) is 3.46. The zero-order valence-corrected chi connectivity index (χ0v) is 19.3. The Morgan fingerprint density at radius 2 is 2.16 bits per heavy atom. The van der Waals surface area contributed by atoms with Gasteiger partial charge in [0.05, 0.1) is 29.3 Å². The van der Waals surface area contributed by atoms with Crippen LogP contribution in [0.15, 0.2) is 30.5 Å². The van der Waals surface area contributed by atoms with E-state index in [0.717, 1.165) is 9.42 Å². The SMILES string of the molecule is [2H]C([2H])([2H])Oc1nc(N[C@@H]2CCN(C(=O)CO)CC2(F)F)nn2ccc(-c3ccc4nnn(CC(F)(F)F)c4c3)c12. The topological polar surface area (TPSA) is 123 Å². The molecular formula is C22H21F5N8O3. The Morgan fingerprint density at radius 3 is 2.87 bits per heavy atom. The fourth-order valence-corrected chi connectivity index (χ4v) is 4.36. The minimum absolute atomic E-state index is 0.0102. The van der Waals surface area contributed by atoms with Crippen LogP contribution < -0.4 is 10.1 Å². The fraction of sp³-hybridized carbons (Fsp3) is 0.409. The van der Waals surface area contributed by atoms with E-state index in [1.807, 2.05) is 0 Å². The third kappa shape index (κ3) is 4.78. The van der Waals surface area contributed by atoms with Crippen molar-refractivity contribution in [1.29, 1.82) is 0 Å². The Morgan fingerprint density at radius 1 is 1.34 bits per heavy atom. The molecule has 4 aromatic rings. The number of hydrogen-bond donors (Lipinski definition) is 2. The summed E-state index contributed by atoms with van der Waals surface area (Å²) in [5, 5.41) is 22.9. The highest BCUT2D eigenvalue weighted by atomic mass is 19.4. The number of rotatable bonds is 6. The molecule has 1 aliphatic heterocycles. The lowest BCUT2D eigenvalue weighted by Crippen LogP contribution is -2.56. The van der Waals surface area contributed by atoms with Gasteiger partial charge in [-0.25, -0.2) is 18.0 Å². The van der Waals surface area contributed by atoms with Crippen LogP contribution in [-0.2, 0) is 11.3 Å². The average molecular weight is 543 g/mol. The molecule has 0 unspecified atom stereocenters. The van der Waals surface area contributed by atoms with Crippen LogP contribution in [0.4, 0.5) is 27.9 Å². The van der Waals surface area contributed by atoms with E-state index < -0.39 is 62.6 Å². The zero-order chi connectivity index (χ0) is 29.7. The van der Waals surface area contributed by atoms with E-state index in [1.54, 1.807) is 0 Å². The van der Waals surface area contributed by atoms with Crippen LogP contribution in [0.3, 0.4) is 0 Å². The lowest BCUT2D eigenvalue weighted by Gasteiger charge is -2.38. The number of aliphatic hydroxyl groups is 1. The third-order valence-corrected chi connectivity index (χ3v) is 6.12. The molecule has 1 amide bonds. The van der Waals surface area contributed by atoms with E-state index in [1.165, 1.54) is 30.5 Å². The molecule has 38 heavy (non-hydrogen) atoms. The van der Waals surface area contributed by atoms with Gasteiger partial charge in [-0.15, -0.1) is 10.2 Å². The number of aliphatic hydroxyl groups excluding tert-OH is 1. The summed E-state index contributed by atoms with van der Waals surface area (Å²) >= 11 is 0. The first kappa shape index (κ1) is 22.0. The van der Waals surface area contributed by atoms with E-state index in [9.17, 15) is 26.7 Å². The van der Waals surface area contributed by atoms with Gasteiger partial charge in [-0.2, -0.15) is 18.2 Å². The van der Waals surface area contributed by atoms with Crippen molar-refractivity contribution in [3.05, 3.63) is 30.5 Å². The van der Waals surface area contributed by atoms with E-state index >= 15 is 0 Å². The van der Waals surface area contributed by atoms with Gasteiger partial charge in [0.1, 0.15) is 24.2 Å². The van der Waals surface area contributed by atoms with Gasteiger partial charge < -0.3 is 20.1 Å². The molecule has 0 spiro atoms. The fourth-order valence-electron chi connectivity index (χ4n) is 4.36. The number of piperidine rings is 1. The van der Waals surface area contributed by atoms with Gasteiger partial charge >= 0.3 is 6.18 Å². The van der Waals surface area contributed by atoms with E-state index in [4.69, 9.17) is 14.0 Å². The highest BCUT2D eigenvalue weighted by Crippen LogP contribution is 2.34. The van der Waals surface area contributed by atoms with Crippen LogP contribution in [0.1, 0.15) is 10.5 Å². The second-order valence-electron chi connectivity index (χ2n) is 8.65. The molecule has 1 atom stereocenters. The Labute approximate surface area is 215 Å². The number of fused-ring (bicyclic) bond motifs is 2. The number of carbonyl (C=O) groups is 1. The van der Waals surface area contributed by atoms with Crippen LogP contribution in [-0.4, -0.2) is 90.4 Å². The lowest BCUT2D eigenvalue weighted by molar-refractivity contribution is -0.145. The molecule has 202 valence electrons. The van der Waals surface area contributed by atoms with Crippen molar-refractivity contribution in [3.63, 3.8) is 0 Å². The van der Waals surface area contributed by atoms with Crippen molar-refractivity contribution in [2.24, 2.45) is 0 Å². The second-order valence-corrected chi connectivity index (χ2v) is 8.65. The number of ether oxygens (including phenoxy) is 1. The van der Waals surface area contributed by atoms with E-state index in [0.29, 0.717) is 10.2 Å². The number of likely N-dealkylation sites (tertiary alicyclic amines) is 1. The highest BCUT2D eigenvalue weighted by molar-refractivity contribution is 5.89. The monoisotopic (exact) mass is 543 g/mol. The summed E-state index contributed by atoms with van der Waals surface area (Å²) in [6.07, 6.45) is -3.41. The molecule has 0 aliphatic carbocycles. The minimum atomic E-state index is -4.56. The van der Waals surface area contributed by atoms with Gasteiger partial charge in [0.15, 0.2) is 0 Å². The van der Waals surface area contributed by atoms with Crippen LogP contribution in [0, 0.1) is 0 Å². The van der Waals surface area contributed by atoms with Crippen molar-refractivity contribution in [2.75, 3.05) is 32.1 Å². The lowest BCUT2D eigenvalue weighted by atomic mass is 10.0. The molecular weight excluding hydrogens is 519 g/mol. The number of nitrogens with zero attached hydrogens (tertiary/aromatic N) is 7. The number of alkyl halides is 5. The van der Waals surface area contributed by atoms with Crippen LogP contribution >= 0.6 is 0 Å². The first-order valence-electron chi connectivity index (χ1n) is 12.7. The van der Waals surface area contributed by atoms with Gasteiger partial charge in [0.25, 0.3) is 5.92 Å². The summed E-state index contributed by atoms with van der Waals surface area (Å²) in [5.41, 5.74) is 0.869. The van der Waals surface area contributed by atoms with E-state index in [-0.39, 0.29) is 35.1 Å². The first-order chi connectivity index (χ1) is 19.1. The largest absolute Gasteiger partial charge is 0.479 e. The number of aromatic nitrogens is 6. The van der Waals surface area contributed by atoms with Crippen molar-refractivity contribution in [2.45, 2.75) is 31.1 Å². The van der Waals surface area contributed by atoms with Gasteiger partial charge in [-0.05, 0) is 30.2 Å². The Bertz CT molecular complexity index is 1610. The van der Waals surface area contributed by atoms with Gasteiger partial charge in [0, 0.05) is 18.3 Å². The Hall–Kier alpha value is -4.08. The number of nitrogens with one attached hydrogen (secondary N) is 1. The molecule has 1 aliphatic rings. The quantitative estimate of drug-likeness (QED) is 0.356. The van der Waals surface area contributed by atoms with Crippen molar-refractivity contribution < 1.29 is 40.7 Å². The number of amides is 1. The van der Waals surface area contributed by atoms with Crippen molar-refractivity contribution in [3.8, 4) is 17.0 Å². The summed E-state index contributed by atoms with van der Waals surface area (Å²) in [6, 6.07) is 4.28. The molecule has 1 fully saturated rings. The smallest absolute Gasteiger partial charge is 0.408 e. The molecule has 3 aromatic heterocycles. The van der Waals surface area contributed by atoms with Crippen LogP contribution in [0.25, 0.3) is 27.7 Å².